The quantitative estimate of drug-likeness (QED) is 0.0569. The Morgan fingerprint density at radius 3 is 0.896 bits per heavy atom. The smallest absolute Gasteiger partial charge is 0.236 e. The summed E-state index contributed by atoms with van der Waals surface area (Å²) in [6.07, 6.45) is 61.0. The topological polar surface area (TPSA) is 30.0 Å². The lowest BCUT2D eigenvalue weighted by molar-refractivity contribution is -0.131. The fourth-order valence-electron chi connectivity index (χ4n) is 10.9. The molecule has 1 aliphatic heterocycles. The molecule has 0 spiro atoms. The number of likely N-dealkylation sites (tertiary alicyclic amines) is 1. The van der Waals surface area contributed by atoms with Crippen LogP contribution in [0.15, 0.2) is 0 Å². The molecule has 0 saturated carbocycles. The second kappa shape index (κ2) is 51.7. The number of hydrogen-bond acceptors (Lipinski definition) is 4. The third kappa shape index (κ3) is 42.7. The molecule has 0 aliphatic carbocycles. The average molecular weight is 944 g/mol. The van der Waals surface area contributed by atoms with E-state index >= 15 is 0 Å². The van der Waals surface area contributed by atoms with Crippen LogP contribution in [-0.2, 0) is 4.79 Å². The monoisotopic (exact) mass is 943 g/mol. The van der Waals surface area contributed by atoms with Crippen molar-refractivity contribution in [3.8, 4) is 0 Å². The Hall–Kier alpha value is -0.650. The van der Waals surface area contributed by atoms with Crippen molar-refractivity contribution in [3.05, 3.63) is 0 Å². The highest BCUT2D eigenvalue weighted by atomic mass is 16.2. The summed E-state index contributed by atoms with van der Waals surface area (Å²) in [4.78, 5) is 24.7. The molecule has 1 unspecified atom stereocenters. The van der Waals surface area contributed by atoms with E-state index in [1.54, 1.807) is 0 Å². The van der Waals surface area contributed by atoms with Crippen molar-refractivity contribution >= 4 is 5.91 Å². The summed E-state index contributed by atoms with van der Waals surface area (Å²) in [5, 5.41) is 0. The Labute approximate surface area is 423 Å². The molecule has 1 aliphatic rings. The summed E-state index contributed by atoms with van der Waals surface area (Å²) in [6, 6.07) is 0. The SMILES string of the molecule is CCCCCCCCCCCCCCN(CCCCCCCCCCCC)CC1CCN(C(=O)CN(CCCCCCCCC)CCN(CCCCCCCCC)CCCCCCCCC)C1. The molecule has 1 rings (SSSR count). The number of rotatable bonds is 55. The van der Waals surface area contributed by atoms with E-state index in [0.717, 1.165) is 32.7 Å². The summed E-state index contributed by atoms with van der Waals surface area (Å²) in [7, 11) is 0. The van der Waals surface area contributed by atoms with E-state index < -0.39 is 0 Å². The molecule has 67 heavy (non-hydrogen) atoms. The Morgan fingerprint density at radius 1 is 0.328 bits per heavy atom. The van der Waals surface area contributed by atoms with Crippen LogP contribution in [0, 0.1) is 5.92 Å². The van der Waals surface area contributed by atoms with Crippen LogP contribution in [0.5, 0.6) is 0 Å². The minimum absolute atomic E-state index is 0.415. The van der Waals surface area contributed by atoms with Crippen molar-refractivity contribution in [2.24, 2.45) is 5.92 Å². The highest BCUT2D eigenvalue weighted by Crippen LogP contribution is 2.21. The van der Waals surface area contributed by atoms with Crippen molar-refractivity contribution in [1.82, 2.24) is 19.6 Å². The van der Waals surface area contributed by atoms with Crippen LogP contribution in [0.3, 0.4) is 0 Å². The summed E-state index contributed by atoms with van der Waals surface area (Å²) in [6.45, 7) is 23.7. The normalized spacial score (nSPS) is 14.3. The number of hydrogen-bond donors (Lipinski definition) is 0. The van der Waals surface area contributed by atoms with Gasteiger partial charge in [0.15, 0.2) is 0 Å². The van der Waals surface area contributed by atoms with Crippen LogP contribution in [0.2, 0.25) is 0 Å². The van der Waals surface area contributed by atoms with E-state index in [0.29, 0.717) is 18.4 Å². The first-order valence-corrected chi connectivity index (χ1v) is 31.5. The summed E-state index contributed by atoms with van der Waals surface area (Å²) in [5.41, 5.74) is 0. The zero-order chi connectivity index (χ0) is 48.4. The number of amides is 1. The molecule has 0 aromatic rings. The molecule has 1 saturated heterocycles. The fourth-order valence-corrected chi connectivity index (χ4v) is 10.9. The highest BCUT2D eigenvalue weighted by molar-refractivity contribution is 5.78. The molecule has 1 fully saturated rings. The largest absolute Gasteiger partial charge is 0.341 e. The van der Waals surface area contributed by atoms with Crippen LogP contribution in [0.25, 0.3) is 0 Å². The first-order chi connectivity index (χ1) is 33.1. The lowest BCUT2D eigenvalue weighted by Crippen LogP contribution is -2.43. The maximum Gasteiger partial charge on any atom is 0.236 e. The van der Waals surface area contributed by atoms with Gasteiger partial charge in [0.2, 0.25) is 5.91 Å². The first-order valence-electron chi connectivity index (χ1n) is 31.5. The molecule has 0 aromatic carbocycles. The molecule has 0 aromatic heterocycles. The Bertz CT molecular complexity index is 957. The molecule has 0 radical (unpaired) electrons. The van der Waals surface area contributed by atoms with E-state index in [2.05, 4.69) is 54.2 Å². The predicted octanol–water partition coefficient (Wildman–Crippen LogP) is 18.6. The number of nitrogens with zero attached hydrogens (tertiary/aromatic N) is 4. The van der Waals surface area contributed by atoms with E-state index in [9.17, 15) is 4.79 Å². The summed E-state index contributed by atoms with van der Waals surface area (Å²) in [5.74, 6) is 1.05. The summed E-state index contributed by atoms with van der Waals surface area (Å²) >= 11 is 0. The molecule has 5 nitrogen and oxygen atoms in total. The predicted molar refractivity (Wildman–Crippen MR) is 301 cm³/mol. The number of carbonyl (C=O) groups excluding carboxylic acids is 1. The summed E-state index contributed by atoms with van der Waals surface area (Å²) < 4.78 is 0. The van der Waals surface area contributed by atoms with Gasteiger partial charge in [-0.25, -0.2) is 0 Å². The molecule has 0 bridgehead atoms. The Kier molecular flexibility index (Phi) is 49.7. The van der Waals surface area contributed by atoms with Crippen LogP contribution in [0.1, 0.15) is 317 Å². The number of unbranched alkanes of at least 4 members (excludes halogenated alkanes) is 38. The van der Waals surface area contributed by atoms with Crippen molar-refractivity contribution in [1.29, 1.82) is 0 Å². The molecular formula is C62H126N4O. The maximum atomic E-state index is 14.2. The highest BCUT2D eigenvalue weighted by Gasteiger charge is 2.28. The van der Waals surface area contributed by atoms with Crippen LogP contribution >= 0.6 is 0 Å². The fraction of sp³-hybridized carbons (Fsp3) is 0.984. The lowest BCUT2D eigenvalue weighted by Gasteiger charge is -2.29. The third-order valence-corrected chi connectivity index (χ3v) is 15.6. The Morgan fingerprint density at radius 2 is 0.582 bits per heavy atom. The molecule has 0 N–H and O–H groups in total. The van der Waals surface area contributed by atoms with Gasteiger partial charge in [-0.1, -0.05) is 279 Å². The molecule has 1 amide bonds. The zero-order valence-electron chi connectivity index (χ0n) is 47.2. The van der Waals surface area contributed by atoms with Gasteiger partial charge in [-0.2, -0.15) is 0 Å². The van der Waals surface area contributed by atoms with Crippen LogP contribution in [-0.4, -0.2) is 97.5 Å². The maximum absolute atomic E-state index is 14.2. The van der Waals surface area contributed by atoms with Gasteiger partial charge in [0.25, 0.3) is 0 Å². The second-order valence-corrected chi connectivity index (χ2v) is 22.3. The van der Waals surface area contributed by atoms with Gasteiger partial charge < -0.3 is 14.7 Å². The van der Waals surface area contributed by atoms with Gasteiger partial charge in [0.05, 0.1) is 6.54 Å². The van der Waals surface area contributed by atoms with E-state index in [4.69, 9.17) is 0 Å². The second-order valence-electron chi connectivity index (χ2n) is 22.3. The lowest BCUT2D eigenvalue weighted by atomic mass is 10.0. The third-order valence-electron chi connectivity index (χ3n) is 15.6. The van der Waals surface area contributed by atoms with Gasteiger partial charge in [-0.15, -0.1) is 0 Å². The molecule has 400 valence electrons. The van der Waals surface area contributed by atoms with Gasteiger partial charge in [0, 0.05) is 32.7 Å². The minimum atomic E-state index is 0.415. The molecule has 1 atom stereocenters. The van der Waals surface area contributed by atoms with Crippen molar-refractivity contribution in [2.75, 3.05) is 72.0 Å². The van der Waals surface area contributed by atoms with Crippen LogP contribution < -0.4 is 0 Å². The average Bonchev–Trinajstić information content (AvgIpc) is 3.81. The van der Waals surface area contributed by atoms with Crippen LogP contribution in [0.4, 0.5) is 0 Å². The molecule has 1 heterocycles. The molecular weight excluding hydrogens is 817 g/mol. The van der Waals surface area contributed by atoms with E-state index in [-0.39, 0.29) is 0 Å². The van der Waals surface area contributed by atoms with Gasteiger partial charge in [-0.05, 0) is 77.2 Å². The Balaban J connectivity index is 2.77. The zero-order valence-corrected chi connectivity index (χ0v) is 47.2. The minimum Gasteiger partial charge on any atom is -0.341 e. The standard InChI is InChI=1S/C62H126N4O/c1-6-11-16-21-26-28-30-31-33-38-43-47-53-64(52-46-42-37-32-29-27-22-17-12-7-2)58-61-49-55-66(59-61)62(67)60-65(54-48-41-36-25-20-15-10-5)57-56-63(50-44-39-34-23-18-13-8-3)51-45-40-35-24-19-14-9-4/h61H,6-60H2,1-5H3. The number of carbonyl (C=O) groups is 1. The van der Waals surface area contributed by atoms with Crippen molar-refractivity contribution in [3.63, 3.8) is 0 Å². The van der Waals surface area contributed by atoms with Crippen molar-refractivity contribution in [2.45, 2.75) is 317 Å². The van der Waals surface area contributed by atoms with Gasteiger partial charge >= 0.3 is 0 Å². The van der Waals surface area contributed by atoms with Crippen molar-refractivity contribution < 1.29 is 4.79 Å². The van der Waals surface area contributed by atoms with E-state index in [1.165, 1.54) is 315 Å². The molecule has 5 heteroatoms. The first kappa shape index (κ1) is 64.4. The van der Waals surface area contributed by atoms with E-state index in [1.807, 2.05) is 0 Å². The van der Waals surface area contributed by atoms with Gasteiger partial charge in [0.1, 0.15) is 0 Å². The van der Waals surface area contributed by atoms with Gasteiger partial charge in [-0.3, -0.25) is 9.69 Å².